The van der Waals surface area contributed by atoms with Crippen LogP contribution in [-0.2, 0) is 30.5 Å². The number of hydrogen-bond acceptors (Lipinski definition) is 7. The van der Waals surface area contributed by atoms with Crippen LogP contribution in [0.15, 0.2) is 42.5 Å². The molecule has 0 aliphatic carbocycles. The molecule has 2 aliphatic heterocycles. The first-order chi connectivity index (χ1) is 17.4. The van der Waals surface area contributed by atoms with Crippen LogP contribution in [0.5, 0.6) is 0 Å². The van der Waals surface area contributed by atoms with E-state index in [0.717, 1.165) is 12.0 Å². The number of carbonyl (C=O) groups is 4. The van der Waals surface area contributed by atoms with Gasteiger partial charge < -0.3 is 30.1 Å². The van der Waals surface area contributed by atoms with Gasteiger partial charge in [-0.1, -0.05) is 42.5 Å². The molecule has 10 heteroatoms. The highest BCUT2D eigenvalue weighted by Crippen LogP contribution is 2.24. The fraction of sp³-hybridized carbons (Fsp3) is 0.538. The minimum atomic E-state index is -0.943. The van der Waals surface area contributed by atoms with E-state index in [1.165, 1.54) is 0 Å². The van der Waals surface area contributed by atoms with Crippen LogP contribution in [0.1, 0.15) is 44.6 Å². The van der Waals surface area contributed by atoms with Gasteiger partial charge in [0.25, 0.3) is 0 Å². The lowest BCUT2D eigenvalue weighted by molar-refractivity contribution is -0.150. The number of amides is 3. The van der Waals surface area contributed by atoms with Crippen LogP contribution in [0.4, 0.5) is 4.79 Å². The summed E-state index contributed by atoms with van der Waals surface area (Å²) in [6.07, 6.45) is 4.63. The Hall–Kier alpha value is -3.40. The van der Waals surface area contributed by atoms with Gasteiger partial charge in [0, 0.05) is 19.0 Å². The molecule has 2 aliphatic rings. The number of cyclic esters (lactones) is 1. The van der Waals surface area contributed by atoms with Crippen LogP contribution >= 0.6 is 0 Å². The van der Waals surface area contributed by atoms with Crippen molar-refractivity contribution < 1.29 is 33.8 Å². The Bertz CT molecular complexity index is 937. The third-order valence-electron chi connectivity index (χ3n) is 6.29. The van der Waals surface area contributed by atoms with E-state index in [9.17, 15) is 24.3 Å². The van der Waals surface area contributed by atoms with Gasteiger partial charge in [-0.25, -0.2) is 9.59 Å². The second-order valence-electron chi connectivity index (χ2n) is 9.21. The summed E-state index contributed by atoms with van der Waals surface area (Å²) in [4.78, 5) is 52.5. The Kier molecular flexibility index (Phi) is 10.3. The Morgan fingerprint density at radius 1 is 1.19 bits per heavy atom. The van der Waals surface area contributed by atoms with Gasteiger partial charge in [-0.05, 0) is 38.2 Å². The summed E-state index contributed by atoms with van der Waals surface area (Å²) < 4.78 is 10.7. The number of ether oxygens (including phenoxy) is 2. The zero-order chi connectivity index (χ0) is 25.9. The molecule has 4 atom stereocenters. The van der Waals surface area contributed by atoms with E-state index < -0.39 is 30.1 Å². The van der Waals surface area contributed by atoms with Gasteiger partial charge in [-0.2, -0.15) is 0 Å². The number of fused-ring (bicyclic) bond motifs is 1. The molecule has 0 aromatic heterocycles. The van der Waals surface area contributed by atoms with Crippen LogP contribution in [0, 0.1) is 5.92 Å². The van der Waals surface area contributed by atoms with Crippen molar-refractivity contribution in [1.29, 1.82) is 0 Å². The minimum Gasteiger partial charge on any atom is -0.462 e. The Morgan fingerprint density at radius 2 is 1.94 bits per heavy atom. The SMILES string of the molecule is C[C@H](CO)NC(=O)C[C@H]1CC=CC[C@@H](NC(=O)OCc2ccccc2)C(=O)OC[C@@H]2CCCN2C1=O. The summed E-state index contributed by atoms with van der Waals surface area (Å²) in [5.74, 6) is -1.63. The van der Waals surface area contributed by atoms with Crippen LogP contribution in [0.2, 0.25) is 0 Å². The molecule has 1 aromatic rings. The Balaban J connectivity index is 1.66. The van der Waals surface area contributed by atoms with E-state index in [-0.39, 0.29) is 50.5 Å². The molecule has 0 radical (unpaired) electrons. The van der Waals surface area contributed by atoms with Gasteiger partial charge >= 0.3 is 12.1 Å². The maximum absolute atomic E-state index is 13.3. The van der Waals surface area contributed by atoms with Gasteiger partial charge in [0.2, 0.25) is 11.8 Å². The van der Waals surface area contributed by atoms with E-state index in [1.54, 1.807) is 24.0 Å². The number of aliphatic hydroxyl groups is 1. The van der Waals surface area contributed by atoms with Gasteiger partial charge in [-0.3, -0.25) is 9.59 Å². The molecule has 10 nitrogen and oxygen atoms in total. The number of allylic oxidation sites excluding steroid dienone is 1. The number of benzene rings is 1. The van der Waals surface area contributed by atoms with Gasteiger partial charge in [0.05, 0.1) is 18.6 Å². The van der Waals surface area contributed by atoms with Crippen LogP contribution in [0.3, 0.4) is 0 Å². The number of carbonyl (C=O) groups excluding carboxylic acids is 4. The largest absolute Gasteiger partial charge is 0.462 e. The number of nitrogens with one attached hydrogen (secondary N) is 2. The molecule has 1 saturated heterocycles. The normalized spacial score (nSPS) is 23.5. The number of hydrogen-bond donors (Lipinski definition) is 3. The summed E-state index contributed by atoms with van der Waals surface area (Å²) in [7, 11) is 0. The topological polar surface area (TPSA) is 134 Å². The van der Waals surface area contributed by atoms with Crippen molar-refractivity contribution in [2.24, 2.45) is 5.92 Å². The highest BCUT2D eigenvalue weighted by molar-refractivity contribution is 5.86. The summed E-state index contributed by atoms with van der Waals surface area (Å²) in [6.45, 7) is 2.12. The molecule has 3 rings (SSSR count). The summed E-state index contributed by atoms with van der Waals surface area (Å²) >= 11 is 0. The second kappa shape index (κ2) is 13.6. The molecule has 3 N–H and O–H groups in total. The first-order valence-corrected chi connectivity index (χ1v) is 12.4. The predicted octanol–water partition coefficient (Wildman–Crippen LogP) is 1.67. The van der Waals surface area contributed by atoms with Crippen molar-refractivity contribution in [3.05, 3.63) is 48.0 Å². The molecule has 0 unspecified atom stereocenters. The van der Waals surface area contributed by atoms with E-state index in [1.807, 2.05) is 30.3 Å². The van der Waals surface area contributed by atoms with Crippen molar-refractivity contribution in [1.82, 2.24) is 15.5 Å². The third-order valence-corrected chi connectivity index (χ3v) is 6.29. The summed E-state index contributed by atoms with van der Waals surface area (Å²) in [6, 6.07) is 7.58. The van der Waals surface area contributed by atoms with E-state index in [4.69, 9.17) is 9.47 Å². The van der Waals surface area contributed by atoms with Crippen molar-refractivity contribution >= 4 is 23.9 Å². The van der Waals surface area contributed by atoms with E-state index >= 15 is 0 Å². The first-order valence-electron chi connectivity index (χ1n) is 12.4. The minimum absolute atomic E-state index is 0.00991. The van der Waals surface area contributed by atoms with Crippen LogP contribution < -0.4 is 10.6 Å². The summed E-state index contributed by atoms with van der Waals surface area (Å²) in [5.41, 5.74) is 0.822. The molecule has 0 saturated carbocycles. The smallest absolute Gasteiger partial charge is 0.408 e. The number of esters is 1. The molecule has 2 heterocycles. The van der Waals surface area contributed by atoms with Crippen molar-refractivity contribution in [3.8, 4) is 0 Å². The fourth-order valence-electron chi connectivity index (χ4n) is 4.30. The Labute approximate surface area is 211 Å². The zero-order valence-corrected chi connectivity index (χ0v) is 20.6. The highest BCUT2D eigenvalue weighted by atomic mass is 16.6. The van der Waals surface area contributed by atoms with Gasteiger partial charge in [0.1, 0.15) is 19.3 Å². The average molecular weight is 502 g/mol. The molecule has 196 valence electrons. The molecule has 0 spiro atoms. The van der Waals surface area contributed by atoms with Crippen molar-refractivity contribution in [2.45, 2.75) is 63.8 Å². The molecular formula is C26H35N3O7. The van der Waals surface area contributed by atoms with E-state index in [0.29, 0.717) is 19.4 Å². The maximum atomic E-state index is 13.3. The predicted molar refractivity (Wildman–Crippen MR) is 130 cm³/mol. The monoisotopic (exact) mass is 501 g/mol. The Morgan fingerprint density at radius 3 is 2.69 bits per heavy atom. The van der Waals surface area contributed by atoms with Crippen LogP contribution in [-0.4, -0.2) is 71.8 Å². The molecule has 36 heavy (non-hydrogen) atoms. The highest BCUT2D eigenvalue weighted by Gasteiger charge is 2.35. The summed E-state index contributed by atoms with van der Waals surface area (Å²) in [5, 5.41) is 14.5. The average Bonchev–Trinajstić information content (AvgIpc) is 3.35. The van der Waals surface area contributed by atoms with E-state index in [2.05, 4.69) is 10.6 Å². The van der Waals surface area contributed by atoms with Gasteiger partial charge in [0.15, 0.2) is 0 Å². The molecular weight excluding hydrogens is 466 g/mol. The van der Waals surface area contributed by atoms with Crippen molar-refractivity contribution in [2.75, 3.05) is 19.8 Å². The quantitative estimate of drug-likeness (QED) is 0.382. The first kappa shape index (κ1) is 27.2. The lowest BCUT2D eigenvalue weighted by atomic mass is 9.97. The fourth-order valence-corrected chi connectivity index (χ4v) is 4.30. The standard InChI is InChI=1S/C26H35N3O7/c1-18(15-30)27-23(31)14-20-10-5-6-12-22(28-26(34)36-16-19-8-3-2-4-9-19)25(33)35-17-21-11-7-13-29(21)24(20)32/h2-6,8-9,18,20-22,30H,7,10-17H2,1H3,(H,27,31)(H,28,34)/t18-,20-,21+,22-/m1/s1. The molecule has 1 fully saturated rings. The molecule has 0 bridgehead atoms. The second-order valence-corrected chi connectivity index (χ2v) is 9.21. The van der Waals surface area contributed by atoms with Crippen molar-refractivity contribution in [3.63, 3.8) is 0 Å². The lowest BCUT2D eigenvalue weighted by Crippen LogP contribution is -2.46. The lowest BCUT2D eigenvalue weighted by Gasteiger charge is -2.29. The van der Waals surface area contributed by atoms with Gasteiger partial charge in [-0.15, -0.1) is 0 Å². The number of nitrogens with zero attached hydrogens (tertiary/aromatic N) is 1. The maximum Gasteiger partial charge on any atom is 0.408 e. The number of aliphatic hydroxyl groups excluding tert-OH is 1. The zero-order valence-electron chi connectivity index (χ0n) is 20.6. The third kappa shape index (κ3) is 8.08. The molecule has 1 aromatic carbocycles. The molecule has 3 amide bonds. The number of rotatable bonds is 7. The number of alkyl carbamates (subject to hydrolysis) is 1. The van der Waals surface area contributed by atoms with Crippen LogP contribution in [0.25, 0.3) is 0 Å².